The molecule has 2 rings (SSSR count). The Kier molecular flexibility index (Phi) is 3.50. The number of likely N-dealkylation sites (N-methyl/N-ethyl adjacent to an activating group) is 1. The molecule has 0 saturated carbocycles. The fourth-order valence-electron chi connectivity index (χ4n) is 2.03. The molecule has 1 aliphatic heterocycles. The van der Waals surface area contributed by atoms with E-state index in [2.05, 4.69) is 5.32 Å². The number of piperidine rings is 1. The van der Waals surface area contributed by atoms with Gasteiger partial charge in [-0.05, 0) is 30.7 Å². The van der Waals surface area contributed by atoms with Gasteiger partial charge in [-0.25, -0.2) is 0 Å². The summed E-state index contributed by atoms with van der Waals surface area (Å²) in [6.07, 6.45) is 1.19. The molecule has 2 amide bonds. The van der Waals surface area contributed by atoms with Gasteiger partial charge in [-0.2, -0.15) is 0 Å². The first-order chi connectivity index (χ1) is 8.56. The smallest absolute Gasteiger partial charge is 0.251 e. The molecule has 1 aliphatic rings. The van der Waals surface area contributed by atoms with Crippen molar-refractivity contribution in [3.05, 3.63) is 29.8 Å². The van der Waals surface area contributed by atoms with E-state index in [0.717, 1.165) is 0 Å². The second-order valence-corrected chi connectivity index (χ2v) is 4.61. The Labute approximate surface area is 106 Å². The summed E-state index contributed by atoms with van der Waals surface area (Å²) in [5.74, 6) is 0.00994. The van der Waals surface area contributed by atoms with E-state index in [9.17, 15) is 9.59 Å². The van der Waals surface area contributed by atoms with E-state index in [4.69, 9.17) is 5.73 Å². The Hall–Kier alpha value is -2.04. The van der Waals surface area contributed by atoms with Crippen LogP contribution in [0.2, 0.25) is 0 Å². The van der Waals surface area contributed by atoms with Gasteiger partial charge in [0.25, 0.3) is 5.91 Å². The summed E-state index contributed by atoms with van der Waals surface area (Å²) in [7, 11) is 1.75. The van der Waals surface area contributed by atoms with Crippen LogP contribution in [0, 0.1) is 0 Å². The van der Waals surface area contributed by atoms with E-state index < -0.39 is 0 Å². The Morgan fingerprint density at radius 3 is 2.67 bits per heavy atom. The Morgan fingerprint density at radius 2 is 2.06 bits per heavy atom. The molecule has 96 valence electrons. The van der Waals surface area contributed by atoms with Gasteiger partial charge in [-0.3, -0.25) is 9.59 Å². The lowest BCUT2D eigenvalue weighted by molar-refractivity contribution is -0.132. The number of likely N-dealkylation sites (tertiary alicyclic amines) is 1. The highest BCUT2D eigenvalue weighted by atomic mass is 16.2. The molecule has 1 saturated heterocycles. The van der Waals surface area contributed by atoms with Crippen molar-refractivity contribution in [3.63, 3.8) is 0 Å². The lowest BCUT2D eigenvalue weighted by Gasteiger charge is -2.30. The van der Waals surface area contributed by atoms with Crippen LogP contribution in [0.15, 0.2) is 24.3 Å². The molecule has 1 unspecified atom stereocenters. The Bertz CT molecular complexity index is 456. The Balaban J connectivity index is 1.95. The normalized spacial score (nSPS) is 19.7. The first kappa shape index (κ1) is 12.4. The molecule has 5 nitrogen and oxygen atoms in total. The molecule has 0 radical (unpaired) electrons. The highest BCUT2D eigenvalue weighted by Gasteiger charge is 2.24. The maximum Gasteiger partial charge on any atom is 0.251 e. The van der Waals surface area contributed by atoms with Crippen LogP contribution < -0.4 is 11.1 Å². The van der Waals surface area contributed by atoms with Crippen LogP contribution >= 0.6 is 0 Å². The van der Waals surface area contributed by atoms with Gasteiger partial charge in [0.1, 0.15) is 0 Å². The molecule has 1 aromatic carbocycles. The van der Waals surface area contributed by atoms with E-state index in [1.165, 1.54) is 0 Å². The maximum absolute atomic E-state index is 12.0. The van der Waals surface area contributed by atoms with Crippen molar-refractivity contribution in [1.29, 1.82) is 0 Å². The van der Waals surface area contributed by atoms with Crippen molar-refractivity contribution in [3.8, 4) is 0 Å². The minimum absolute atomic E-state index is 0.0257. The monoisotopic (exact) mass is 247 g/mol. The van der Waals surface area contributed by atoms with Gasteiger partial charge < -0.3 is 16.0 Å². The zero-order chi connectivity index (χ0) is 13.1. The molecule has 1 fully saturated rings. The number of anilines is 1. The topological polar surface area (TPSA) is 75.4 Å². The number of rotatable bonds is 2. The van der Waals surface area contributed by atoms with Crippen molar-refractivity contribution < 1.29 is 9.59 Å². The van der Waals surface area contributed by atoms with Crippen molar-refractivity contribution in [2.45, 2.75) is 18.9 Å². The number of hydrogen-bond donors (Lipinski definition) is 2. The first-order valence-corrected chi connectivity index (χ1v) is 5.96. The van der Waals surface area contributed by atoms with Crippen LogP contribution in [0.25, 0.3) is 0 Å². The van der Waals surface area contributed by atoms with Crippen LogP contribution in [0.4, 0.5) is 5.69 Å². The third-order valence-electron chi connectivity index (χ3n) is 3.13. The summed E-state index contributed by atoms with van der Waals surface area (Å²) in [5, 5.41) is 2.93. The largest absolute Gasteiger partial charge is 0.399 e. The number of nitrogen functional groups attached to an aromatic ring is 1. The molecule has 1 atom stereocenters. The summed E-state index contributed by atoms with van der Waals surface area (Å²) >= 11 is 0. The number of nitrogens with zero attached hydrogens (tertiary/aromatic N) is 1. The number of benzene rings is 1. The minimum atomic E-state index is -0.122. The number of amides is 2. The lowest BCUT2D eigenvalue weighted by Crippen LogP contribution is -2.48. The summed E-state index contributed by atoms with van der Waals surface area (Å²) in [6.45, 7) is 0.569. The zero-order valence-electron chi connectivity index (χ0n) is 10.3. The molecular formula is C13H17N3O2. The predicted octanol–water partition coefficient (Wildman–Crippen LogP) is 0.619. The number of nitrogens with one attached hydrogen (secondary N) is 1. The van der Waals surface area contributed by atoms with Gasteiger partial charge in [0.2, 0.25) is 5.91 Å². The number of carbonyl (C=O) groups excluding carboxylic acids is 2. The highest BCUT2D eigenvalue weighted by molar-refractivity contribution is 5.94. The third kappa shape index (κ3) is 2.80. The van der Waals surface area contributed by atoms with Crippen LogP contribution in [0.1, 0.15) is 23.2 Å². The van der Waals surface area contributed by atoms with Gasteiger partial charge in [-0.15, -0.1) is 0 Å². The van der Waals surface area contributed by atoms with Gasteiger partial charge in [-0.1, -0.05) is 0 Å². The minimum Gasteiger partial charge on any atom is -0.399 e. The van der Waals surface area contributed by atoms with Crippen LogP contribution in [-0.2, 0) is 4.79 Å². The highest BCUT2D eigenvalue weighted by Crippen LogP contribution is 2.11. The van der Waals surface area contributed by atoms with Crippen molar-refractivity contribution in [1.82, 2.24) is 10.2 Å². The molecule has 3 N–H and O–H groups in total. The van der Waals surface area contributed by atoms with E-state index >= 15 is 0 Å². The fraction of sp³-hybridized carbons (Fsp3) is 0.385. The molecule has 18 heavy (non-hydrogen) atoms. The van der Waals surface area contributed by atoms with Crippen LogP contribution in [0.5, 0.6) is 0 Å². The van der Waals surface area contributed by atoms with E-state index in [1.807, 2.05) is 0 Å². The van der Waals surface area contributed by atoms with Crippen LogP contribution in [-0.4, -0.2) is 36.3 Å². The molecule has 1 heterocycles. The van der Waals surface area contributed by atoms with Crippen molar-refractivity contribution in [2.75, 3.05) is 19.3 Å². The molecule has 5 heteroatoms. The fourth-order valence-corrected chi connectivity index (χ4v) is 2.03. The second-order valence-electron chi connectivity index (χ2n) is 4.61. The molecule has 0 aromatic heterocycles. The first-order valence-electron chi connectivity index (χ1n) is 5.96. The van der Waals surface area contributed by atoms with E-state index in [0.29, 0.717) is 30.6 Å². The molecule has 0 bridgehead atoms. The molecule has 0 spiro atoms. The Morgan fingerprint density at radius 1 is 1.39 bits per heavy atom. The molecule has 0 aliphatic carbocycles. The number of hydrogen-bond acceptors (Lipinski definition) is 3. The van der Waals surface area contributed by atoms with Gasteiger partial charge in [0, 0.05) is 37.3 Å². The maximum atomic E-state index is 12.0. The number of carbonyl (C=O) groups is 2. The van der Waals surface area contributed by atoms with Crippen molar-refractivity contribution >= 4 is 17.5 Å². The molecule has 1 aromatic rings. The predicted molar refractivity (Wildman–Crippen MR) is 69.0 cm³/mol. The summed E-state index contributed by atoms with van der Waals surface area (Å²) in [6, 6.07) is 6.82. The quantitative estimate of drug-likeness (QED) is 0.752. The second kappa shape index (κ2) is 5.08. The van der Waals surface area contributed by atoms with Crippen molar-refractivity contribution in [2.24, 2.45) is 0 Å². The average molecular weight is 247 g/mol. The zero-order valence-corrected chi connectivity index (χ0v) is 10.3. The lowest BCUT2D eigenvalue weighted by atomic mass is 10.0. The summed E-state index contributed by atoms with van der Waals surface area (Å²) < 4.78 is 0. The van der Waals surface area contributed by atoms with E-state index in [-0.39, 0.29) is 17.9 Å². The third-order valence-corrected chi connectivity index (χ3v) is 3.13. The standard InChI is InChI=1S/C13H17N3O2/c1-16-8-11(6-7-12(16)17)15-13(18)9-2-4-10(14)5-3-9/h2-5,11H,6-8,14H2,1H3,(H,15,18). The summed E-state index contributed by atoms with van der Waals surface area (Å²) in [5.41, 5.74) is 6.79. The summed E-state index contributed by atoms with van der Waals surface area (Å²) in [4.78, 5) is 24.9. The van der Waals surface area contributed by atoms with E-state index in [1.54, 1.807) is 36.2 Å². The van der Waals surface area contributed by atoms with Gasteiger partial charge in [0.15, 0.2) is 0 Å². The molecular weight excluding hydrogens is 230 g/mol. The average Bonchev–Trinajstić information content (AvgIpc) is 2.34. The number of nitrogens with two attached hydrogens (primary N) is 1. The van der Waals surface area contributed by atoms with Gasteiger partial charge in [0.05, 0.1) is 0 Å². The SMILES string of the molecule is CN1CC(NC(=O)c2ccc(N)cc2)CCC1=O. The van der Waals surface area contributed by atoms with Crippen LogP contribution in [0.3, 0.4) is 0 Å². The van der Waals surface area contributed by atoms with Gasteiger partial charge >= 0.3 is 0 Å².